The number of halogens is 1. The summed E-state index contributed by atoms with van der Waals surface area (Å²) in [5.74, 6) is 0.0820. The van der Waals surface area contributed by atoms with Crippen LogP contribution < -0.4 is 10.5 Å². The quantitative estimate of drug-likeness (QED) is 0.714. The van der Waals surface area contributed by atoms with Gasteiger partial charge in [0.1, 0.15) is 5.82 Å². The van der Waals surface area contributed by atoms with Crippen molar-refractivity contribution in [2.75, 3.05) is 5.73 Å². The van der Waals surface area contributed by atoms with E-state index >= 15 is 0 Å². The van der Waals surface area contributed by atoms with Crippen molar-refractivity contribution in [2.24, 2.45) is 0 Å². The number of para-hydroxylation sites is 2. The van der Waals surface area contributed by atoms with Gasteiger partial charge in [0.05, 0.1) is 22.9 Å². The van der Waals surface area contributed by atoms with E-state index in [1.54, 1.807) is 0 Å². The van der Waals surface area contributed by atoms with Crippen LogP contribution in [-0.4, -0.2) is 9.97 Å². The molecule has 0 amide bonds. The predicted octanol–water partition coefficient (Wildman–Crippen LogP) is 3.14. The monoisotopic (exact) mass is 255 g/mol. The Morgan fingerprint density at radius 2 is 1.84 bits per heavy atom. The average Bonchev–Trinajstić information content (AvgIpc) is 2.43. The van der Waals surface area contributed by atoms with E-state index in [0.717, 1.165) is 5.52 Å². The Balaban J connectivity index is 1.98. The molecule has 2 aromatic carbocycles. The summed E-state index contributed by atoms with van der Waals surface area (Å²) in [6, 6.07) is 11.3. The predicted molar refractivity (Wildman–Crippen MR) is 70.4 cm³/mol. The van der Waals surface area contributed by atoms with E-state index in [-0.39, 0.29) is 11.6 Å². The maximum atomic E-state index is 13.1. The van der Waals surface area contributed by atoms with Gasteiger partial charge in [-0.3, -0.25) is 0 Å². The standard InChI is InChI=1S/C14H10FN3O/c15-9-5-6-10(16)13(7-9)19-14-8-17-11-3-1-2-4-12(11)18-14/h1-8H,16H2. The van der Waals surface area contributed by atoms with Gasteiger partial charge in [-0.25, -0.2) is 14.4 Å². The van der Waals surface area contributed by atoms with Crippen LogP contribution >= 0.6 is 0 Å². The second-order valence-electron chi connectivity index (χ2n) is 3.98. The van der Waals surface area contributed by atoms with E-state index in [9.17, 15) is 4.39 Å². The Bertz CT molecular complexity index is 746. The van der Waals surface area contributed by atoms with Crippen LogP contribution in [-0.2, 0) is 0 Å². The Morgan fingerprint density at radius 1 is 1.05 bits per heavy atom. The average molecular weight is 255 g/mol. The summed E-state index contributed by atoms with van der Waals surface area (Å²) >= 11 is 0. The van der Waals surface area contributed by atoms with Crippen LogP contribution in [0, 0.1) is 5.82 Å². The van der Waals surface area contributed by atoms with Crippen LogP contribution in [0.5, 0.6) is 11.6 Å². The maximum absolute atomic E-state index is 13.1. The van der Waals surface area contributed by atoms with Crippen LogP contribution in [0.3, 0.4) is 0 Å². The number of hydrogen-bond donors (Lipinski definition) is 1. The Labute approximate surface area is 108 Å². The van der Waals surface area contributed by atoms with Crippen molar-refractivity contribution in [1.29, 1.82) is 0 Å². The highest BCUT2D eigenvalue weighted by atomic mass is 19.1. The van der Waals surface area contributed by atoms with Gasteiger partial charge in [-0.15, -0.1) is 0 Å². The first kappa shape index (κ1) is 11.4. The van der Waals surface area contributed by atoms with Crippen molar-refractivity contribution < 1.29 is 9.13 Å². The second kappa shape index (κ2) is 4.53. The zero-order chi connectivity index (χ0) is 13.2. The second-order valence-corrected chi connectivity index (χ2v) is 3.98. The molecular weight excluding hydrogens is 245 g/mol. The van der Waals surface area contributed by atoms with Crippen molar-refractivity contribution in [3.8, 4) is 11.6 Å². The smallest absolute Gasteiger partial charge is 0.238 e. The van der Waals surface area contributed by atoms with Crippen molar-refractivity contribution in [1.82, 2.24) is 9.97 Å². The van der Waals surface area contributed by atoms with E-state index in [1.807, 2.05) is 24.3 Å². The third-order valence-corrected chi connectivity index (χ3v) is 2.62. The van der Waals surface area contributed by atoms with Crippen LogP contribution in [0.4, 0.5) is 10.1 Å². The maximum Gasteiger partial charge on any atom is 0.238 e. The Kier molecular flexibility index (Phi) is 2.72. The molecule has 0 aliphatic rings. The van der Waals surface area contributed by atoms with E-state index in [1.165, 1.54) is 24.4 Å². The molecule has 0 radical (unpaired) electrons. The topological polar surface area (TPSA) is 61.0 Å². The van der Waals surface area contributed by atoms with E-state index in [0.29, 0.717) is 11.2 Å². The number of nitrogen functional groups attached to an aromatic ring is 1. The van der Waals surface area contributed by atoms with Gasteiger partial charge in [-0.1, -0.05) is 12.1 Å². The third kappa shape index (κ3) is 2.30. The molecule has 19 heavy (non-hydrogen) atoms. The van der Waals surface area contributed by atoms with Gasteiger partial charge in [-0.2, -0.15) is 0 Å². The molecule has 0 aliphatic carbocycles. The summed E-state index contributed by atoms with van der Waals surface area (Å²) in [6.45, 7) is 0. The molecule has 2 N–H and O–H groups in total. The largest absolute Gasteiger partial charge is 0.435 e. The zero-order valence-electron chi connectivity index (χ0n) is 9.88. The van der Waals surface area contributed by atoms with Crippen LogP contribution in [0.1, 0.15) is 0 Å². The number of nitrogens with two attached hydrogens (primary N) is 1. The number of aromatic nitrogens is 2. The number of rotatable bonds is 2. The van der Waals surface area contributed by atoms with Gasteiger partial charge < -0.3 is 10.5 Å². The molecule has 3 rings (SSSR count). The number of fused-ring (bicyclic) bond motifs is 1. The fourth-order valence-electron chi connectivity index (χ4n) is 1.70. The minimum Gasteiger partial charge on any atom is -0.435 e. The molecule has 1 heterocycles. The number of hydrogen-bond acceptors (Lipinski definition) is 4. The van der Waals surface area contributed by atoms with Crippen molar-refractivity contribution in [2.45, 2.75) is 0 Å². The van der Waals surface area contributed by atoms with Crippen molar-refractivity contribution >= 4 is 16.7 Å². The summed E-state index contributed by atoms with van der Waals surface area (Å²) in [7, 11) is 0. The summed E-state index contributed by atoms with van der Waals surface area (Å²) in [5.41, 5.74) is 7.52. The molecule has 0 saturated carbocycles. The van der Waals surface area contributed by atoms with Crippen LogP contribution in [0.15, 0.2) is 48.7 Å². The molecule has 0 aliphatic heterocycles. The van der Waals surface area contributed by atoms with Gasteiger partial charge in [-0.05, 0) is 24.3 Å². The first-order valence-corrected chi connectivity index (χ1v) is 5.67. The lowest BCUT2D eigenvalue weighted by molar-refractivity contribution is 0.460. The molecule has 0 unspecified atom stereocenters. The van der Waals surface area contributed by atoms with E-state index in [4.69, 9.17) is 10.5 Å². The highest BCUT2D eigenvalue weighted by molar-refractivity contribution is 5.74. The molecule has 4 nitrogen and oxygen atoms in total. The summed E-state index contributed by atoms with van der Waals surface area (Å²) < 4.78 is 18.6. The molecule has 0 fully saturated rings. The molecule has 0 saturated heterocycles. The Hall–Kier alpha value is -2.69. The lowest BCUT2D eigenvalue weighted by atomic mass is 10.3. The minimum absolute atomic E-state index is 0.226. The SMILES string of the molecule is Nc1ccc(F)cc1Oc1cnc2ccccc2n1. The summed E-state index contributed by atoms with van der Waals surface area (Å²) in [5, 5.41) is 0. The highest BCUT2D eigenvalue weighted by Gasteiger charge is 2.06. The molecule has 1 aromatic heterocycles. The van der Waals surface area contributed by atoms with Gasteiger partial charge in [0.2, 0.25) is 5.88 Å². The van der Waals surface area contributed by atoms with Crippen LogP contribution in [0.25, 0.3) is 11.0 Å². The molecular formula is C14H10FN3O. The van der Waals surface area contributed by atoms with Gasteiger partial charge in [0.15, 0.2) is 5.75 Å². The molecule has 94 valence electrons. The number of benzene rings is 2. The van der Waals surface area contributed by atoms with Gasteiger partial charge in [0.25, 0.3) is 0 Å². The fourth-order valence-corrected chi connectivity index (χ4v) is 1.70. The van der Waals surface area contributed by atoms with E-state index < -0.39 is 5.82 Å². The zero-order valence-corrected chi connectivity index (χ0v) is 9.88. The molecule has 0 atom stereocenters. The minimum atomic E-state index is -0.419. The normalized spacial score (nSPS) is 10.6. The van der Waals surface area contributed by atoms with Crippen LogP contribution in [0.2, 0.25) is 0 Å². The molecule has 0 bridgehead atoms. The summed E-state index contributed by atoms with van der Waals surface area (Å²) in [4.78, 5) is 8.49. The van der Waals surface area contributed by atoms with E-state index in [2.05, 4.69) is 9.97 Å². The third-order valence-electron chi connectivity index (χ3n) is 2.62. The lowest BCUT2D eigenvalue weighted by Gasteiger charge is -2.07. The fraction of sp³-hybridized carbons (Fsp3) is 0. The lowest BCUT2D eigenvalue weighted by Crippen LogP contribution is -1.95. The Morgan fingerprint density at radius 3 is 2.68 bits per heavy atom. The van der Waals surface area contributed by atoms with Crippen molar-refractivity contribution in [3.05, 3.63) is 54.5 Å². The number of nitrogens with zero attached hydrogens (tertiary/aromatic N) is 2. The first-order chi connectivity index (χ1) is 9.22. The molecule has 0 spiro atoms. The molecule has 3 aromatic rings. The summed E-state index contributed by atoms with van der Waals surface area (Å²) in [6.07, 6.45) is 1.48. The van der Waals surface area contributed by atoms with Gasteiger partial charge >= 0.3 is 0 Å². The number of ether oxygens (including phenoxy) is 1. The highest BCUT2D eigenvalue weighted by Crippen LogP contribution is 2.27. The van der Waals surface area contributed by atoms with Gasteiger partial charge in [0, 0.05) is 6.07 Å². The molecule has 5 heteroatoms. The first-order valence-electron chi connectivity index (χ1n) is 5.67. The van der Waals surface area contributed by atoms with Crippen molar-refractivity contribution in [3.63, 3.8) is 0 Å². The number of anilines is 1.